The molecule has 0 saturated carbocycles. The number of carboxylic acid groups (broad SMARTS) is 1. The number of aliphatic hydroxyl groups excluding tert-OH is 1. The molecule has 0 aliphatic heterocycles. The lowest BCUT2D eigenvalue weighted by Crippen LogP contribution is -2.54. The van der Waals surface area contributed by atoms with Gasteiger partial charge in [-0.25, -0.2) is 0 Å². The van der Waals surface area contributed by atoms with E-state index in [0.29, 0.717) is 19.4 Å². The number of hydrogen-bond donors (Lipinski definition) is 7. The smallest absolute Gasteiger partial charge is 0.325 e. The summed E-state index contributed by atoms with van der Waals surface area (Å²) in [7, 11) is 0. The van der Waals surface area contributed by atoms with E-state index in [-0.39, 0.29) is 0 Å². The molecule has 11 heteroatoms. The number of carbonyl (C=O) groups is 4. The van der Waals surface area contributed by atoms with Crippen molar-refractivity contribution in [2.45, 2.75) is 44.3 Å². The molecule has 0 radical (unpaired) electrons. The molecule has 3 amide bonds. The highest BCUT2D eigenvalue weighted by Gasteiger charge is 2.23. The van der Waals surface area contributed by atoms with Gasteiger partial charge in [-0.15, -0.1) is 0 Å². The van der Waals surface area contributed by atoms with Crippen LogP contribution in [-0.4, -0.2) is 71.7 Å². The second-order valence-corrected chi connectivity index (χ2v) is 5.48. The van der Waals surface area contributed by atoms with Crippen molar-refractivity contribution < 1.29 is 29.4 Å². The van der Waals surface area contributed by atoms with Gasteiger partial charge in [0.25, 0.3) is 0 Å². The van der Waals surface area contributed by atoms with E-state index in [1.54, 1.807) is 0 Å². The summed E-state index contributed by atoms with van der Waals surface area (Å²) >= 11 is 0. The second-order valence-electron chi connectivity index (χ2n) is 5.48. The number of aliphatic hydroxyl groups is 1. The summed E-state index contributed by atoms with van der Waals surface area (Å²) in [6, 6.07) is -3.21. The van der Waals surface area contributed by atoms with E-state index in [1.165, 1.54) is 6.92 Å². The first-order chi connectivity index (χ1) is 11.7. The Balaban J connectivity index is 4.35. The molecule has 25 heavy (non-hydrogen) atoms. The fourth-order valence-electron chi connectivity index (χ4n) is 1.76. The van der Waals surface area contributed by atoms with Crippen LogP contribution in [0.4, 0.5) is 0 Å². The van der Waals surface area contributed by atoms with Crippen molar-refractivity contribution in [1.29, 1.82) is 0 Å². The van der Waals surface area contributed by atoms with Crippen molar-refractivity contribution in [3.05, 3.63) is 0 Å². The summed E-state index contributed by atoms with van der Waals surface area (Å²) in [5.41, 5.74) is 11.0. The van der Waals surface area contributed by atoms with Crippen molar-refractivity contribution >= 4 is 23.7 Å². The molecule has 0 aliphatic rings. The fourth-order valence-corrected chi connectivity index (χ4v) is 1.76. The van der Waals surface area contributed by atoms with Crippen LogP contribution in [0.5, 0.6) is 0 Å². The zero-order chi connectivity index (χ0) is 19.4. The molecule has 0 aliphatic carbocycles. The molecule has 0 rings (SSSR count). The van der Waals surface area contributed by atoms with Gasteiger partial charge in [0, 0.05) is 0 Å². The van der Waals surface area contributed by atoms with Gasteiger partial charge in [0.05, 0.1) is 19.2 Å². The van der Waals surface area contributed by atoms with Gasteiger partial charge >= 0.3 is 5.97 Å². The molecule has 0 aromatic heterocycles. The van der Waals surface area contributed by atoms with Gasteiger partial charge < -0.3 is 37.6 Å². The zero-order valence-corrected chi connectivity index (χ0v) is 14.2. The highest BCUT2D eigenvalue weighted by molar-refractivity contribution is 5.92. The number of carboxylic acids is 1. The van der Waals surface area contributed by atoms with E-state index in [9.17, 15) is 24.3 Å². The molecule has 0 saturated heterocycles. The van der Waals surface area contributed by atoms with Crippen LogP contribution in [-0.2, 0) is 19.2 Å². The lowest BCUT2D eigenvalue weighted by molar-refractivity contribution is -0.141. The summed E-state index contributed by atoms with van der Waals surface area (Å²) < 4.78 is 0. The molecule has 9 N–H and O–H groups in total. The Morgan fingerprint density at radius 2 is 1.72 bits per heavy atom. The topological polar surface area (TPSA) is 197 Å². The van der Waals surface area contributed by atoms with Gasteiger partial charge in [-0.05, 0) is 26.3 Å². The molecule has 0 aromatic carbocycles. The monoisotopic (exact) mass is 361 g/mol. The Hall–Kier alpha value is -2.24. The largest absolute Gasteiger partial charge is 0.480 e. The Morgan fingerprint density at radius 1 is 1.08 bits per heavy atom. The maximum Gasteiger partial charge on any atom is 0.325 e. The Morgan fingerprint density at radius 3 is 2.24 bits per heavy atom. The molecule has 3 unspecified atom stereocenters. The number of carbonyl (C=O) groups excluding carboxylic acids is 3. The van der Waals surface area contributed by atoms with Crippen LogP contribution in [0.3, 0.4) is 0 Å². The molecule has 3 atom stereocenters. The van der Waals surface area contributed by atoms with Crippen molar-refractivity contribution in [3.63, 3.8) is 0 Å². The van der Waals surface area contributed by atoms with Crippen molar-refractivity contribution in [1.82, 2.24) is 16.0 Å². The summed E-state index contributed by atoms with van der Waals surface area (Å²) in [5, 5.41) is 24.5. The van der Waals surface area contributed by atoms with E-state index in [4.69, 9.17) is 16.6 Å². The van der Waals surface area contributed by atoms with E-state index in [1.807, 2.05) is 0 Å². The summed E-state index contributed by atoms with van der Waals surface area (Å²) in [5.74, 6) is -3.33. The summed E-state index contributed by atoms with van der Waals surface area (Å²) in [6.45, 7) is 0.578. The number of rotatable bonds is 12. The predicted octanol–water partition coefficient (Wildman–Crippen LogP) is -3.37. The van der Waals surface area contributed by atoms with Gasteiger partial charge in [0.15, 0.2) is 0 Å². The van der Waals surface area contributed by atoms with E-state index >= 15 is 0 Å². The summed E-state index contributed by atoms with van der Waals surface area (Å²) in [6.07, 6.45) is 1.76. The molecule has 144 valence electrons. The third-order valence-electron chi connectivity index (χ3n) is 3.29. The molecule has 0 spiro atoms. The zero-order valence-electron chi connectivity index (χ0n) is 14.2. The van der Waals surface area contributed by atoms with Crippen molar-refractivity contribution in [2.75, 3.05) is 19.7 Å². The maximum atomic E-state index is 11.9. The number of amides is 3. The number of unbranched alkanes of at least 4 members (excludes halogenated alkanes) is 1. The average molecular weight is 361 g/mol. The van der Waals surface area contributed by atoms with Crippen LogP contribution in [0.1, 0.15) is 26.2 Å². The molecule has 11 nitrogen and oxygen atoms in total. The minimum atomic E-state index is -1.27. The molecular formula is C14H27N5O6. The maximum absolute atomic E-state index is 11.9. The fraction of sp³-hybridized carbons (Fsp3) is 0.714. The quantitative estimate of drug-likeness (QED) is 0.175. The van der Waals surface area contributed by atoms with Crippen LogP contribution < -0.4 is 27.4 Å². The number of nitrogens with two attached hydrogens (primary N) is 2. The van der Waals surface area contributed by atoms with Gasteiger partial charge in [-0.2, -0.15) is 0 Å². The first-order valence-electron chi connectivity index (χ1n) is 7.89. The third kappa shape index (κ3) is 9.59. The highest BCUT2D eigenvalue weighted by atomic mass is 16.4. The van der Waals surface area contributed by atoms with E-state index < -0.39 is 55.0 Å². The molecule has 0 aromatic rings. The Bertz CT molecular complexity index is 473. The normalized spacial score (nSPS) is 14.1. The van der Waals surface area contributed by atoms with Crippen LogP contribution in [0.25, 0.3) is 0 Å². The van der Waals surface area contributed by atoms with Gasteiger partial charge in [-0.1, -0.05) is 6.42 Å². The minimum absolute atomic E-state index is 0.387. The van der Waals surface area contributed by atoms with Gasteiger partial charge in [-0.3, -0.25) is 19.2 Å². The van der Waals surface area contributed by atoms with Crippen molar-refractivity contribution in [2.24, 2.45) is 11.5 Å². The molecule has 0 bridgehead atoms. The van der Waals surface area contributed by atoms with Crippen LogP contribution in [0, 0.1) is 0 Å². The minimum Gasteiger partial charge on any atom is -0.480 e. The summed E-state index contributed by atoms with van der Waals surface area (Å²) in [4.78, 5) is 45.8. The predicted molar refractivity (Wildman–Crippen MR) is 88.1 cm³/mol. The Kier molecular flexibility index (Phi) is 11.1. The van der Waals surface area contributed by atoms with E-state index in [0.717, 1.165) is 6.42 Å². The number of aliphatic carboxylic acids is 1. The Labute approximate surface area is 145 Å². The highest BCUT2D eigenvalue weighted by Crippen LogP contribution is 1.98. The van der Waals surface area contributed by atoms with Gasteiger partial charge in [0.1, 0.15) is 12.1 Å². The SMILES string of the molecule is CC(NC(=O)CNC(=O)C(CO)NC(=O)C(N)CCCCN)C(=O)O. The number of nitrogens with one attached hydrogen (secondary N) is 3. The second kappa shape index (κ2) is 12.2. The lowest BCUT2D eigenvalue weighted by Gasteiger charge is -2.19. The number of hydrogen-bond acceptors (Lipinski definition) is 7. The van der Waals surface area contributed by atoms with Crippen LogP contribution in [0.15, 0.2) is 0 Å². The van der Waals surface area contributed by atoms with Gasteiger partial charge in [0.2, 0.25) is 17.7 Å². The first kappa shape index (κ1) is 22.8. The lowest BCUT2D eigenvalue weighted by atomic mass is 10.1. The van der Waals surface area contributed by atoms with Crippen molar-refractivity contribution in [3.8, 4) is 0 Å². The molecular weight excluding hydrogens is 334 g/mol. The molecule has 0 fully saturated rings. The first-order valence-corrected chi connectivity index (χ1v) is 7.89. The molecule has 0 heterocycles. The van der Waals surface area contributed by atoms with Crippen LogP contribution in [0.2, 0.25) is 0 Å². The van der Waals surface area contributed by atoms with Crippen LogP contribution >= 0.6 is 0 Å². The average Bonchev–Trinajstić information content (AvgIpc) is 2.57. The third-order valence-corrected chi connectivity index (χ3v) is 3.29. The van der Waals surface area contributed by atoms with E-state index in [2.05, 4.69) is 16.0 Å². The standard InChI is InChI=1S/C14H27N5O6/c1-8(14(24)25)18-11(21)6-17-13(23)10(7-20)19-12(22)9(16)4-2-3-5-15/h8-10,20H,2-7,15-16H2,1H3,(H,17,23)(H,18,21)(H,19,22)(H,24,25).